The van der Waals surface area contributed by atoms with Crippen LogP contribution in [0.25, 0.3) is 0 Å². The lowest BCUT2D eigenvalue weighted by Crippen LogP contribution is -2.48. The Kier molecular flexibility index (Phi) is 5.37. The summed E-state index contributed by atoms with van der Waals surface area (Å²) in [5.41, 5.74) is 2.12. The number of rotatable bonds is 2. The number of hydrogen-bond acceptors (Lipinski definition) is 4. The summed E-state index contributed by atoms with van der Waals surface area (Å²) in [6.07, 6.45) is 1.53. The molecule has 22 heavy (non-hydrogen) atoms. The average Bonchev–Trinajstić information content (AvgIpc) is 2.54. The first kappa shape index (κ1) is 16.2. The minimum absolute atomic E-state index is 0.113. The third kappa shape index (κ3) is 3.81. The summed E-state index contributed by atoms with van der Waals surface area (Å²) in [6, 6.07) is 8.21. The lowest BCUT2D eigenvalue weighted by atomic mass is 10.1. The van der Waals surface area contributed by atoms with Crippen LogP contribution in [-0.2, 0) is 4.74 Å². The van der Waals surface area contributed by atoms with E-state index in [1.54, 1.807) is 0 Å². The molecule has 1 amide bonds. The second-order valence-corrected chi connectivity index (χ2v) is 8.74. The first-order valence-electron chi connectivity index (χ1n) is 7.91. The van der Waals surface area contributed by atoms with Crippen LogP contribution in [-0.4, -0.2) is 47.6 Å². The fourth-order valence-corrected chi connectivity index (χ4v) is 5.88. The molecule has 0 bridgehead atoms. The van der Waals surface area contributed by atoms with Gasteiger partial charge in [-0.2, -0.15) is 0 Å². The van der Waals surface area contributed by atoms with Gasteiger partial charge in [-0.1, -0.05) is 12.1 Å². The van der Waals surface area contributed by atoms with Crippen LogP contribution in [0.1, 0.15) is 40.8 Å². The fourth-order valence-electron chi connectivity index (χ4n) is 2.99. The number of hydrogen-bond donors (Lipinski definition) is 0. The van der Waals surface area contributed by atoms with E-state index in [1.165, 1.54) is 23.5 Å². The molecule has 5 heteroatoms. The van der Waals surface area contributed by atoms with E-state index in [2.05, 4.69) is 12.1 Å². The van der Waals surface area contributed by atoms with Crippen LogP contribution in [0.4, 0.5) is 0 Å². The van der Waals surface area contributed by atoms with Gasteiger partial charge in [0.15, 0.2) is 0 Å². The predicted octanol–water partition coefficient (Wildman–Crippen LogP) is 3.80. The van der Waals surface area contributed by atoms with Gasteiger partial charge in [-0.05, 0) is 49.5 Å². The Morgan fingerprint density at radius 1 is 1.09 bits per heavy atom. The first-order chi connectivity index (χ1) is 10.6. The highest BCUT2D eigenvalue weighted by atomic mass is 32.2. The van der Waals surface area contributed by atoms with E-state index in [1.807, 2.05) is 54.4 Å². The Labute approximate surface area is 141 Å². The molecule has 0 aromatic heterocycles. The molecule has 1 aromatic rings. The van der Waals surface area contributed by atoms with Crippen LogP contribution in [0.2, 0.25) is 0 Å². The molecule has 3 nitrogen and oxygen atoms in total. The summed E-state index contributed by atoms with van der Waals surface area (Å²) < 4.78 is 6.23. The smallest absolute Gasteiger partial charge is 0.254 e. The van der Waals surface area contributed by atoms with Gasteiger partial charge in [-0.3, -0.25) is 4.79 Å². The standard InChI is InChI=1S/C17H23NO2S2/c1-12-10-18(11-13(2)20-12)16(19)14-4-6-15(7-5-14)17-21-8-3-9-22-17/h4-7,12-13,17H,3,8-11H2,1-2H3/t12-,13+. The molecule has 2 aliphatic rings. The van der Waals surface area contributed by atoms with Crippen molar-refractivity contribution in [2.24, 2.45) is 0 Å². The number of nitrogens with zero attached hydrogens (tertiary/aromatic N) is 1. The van der Waals surface area contributed by atoms with E-state index in [0.717, 1.165) is 5.56 Å². The van der Waals surface area contributed by atoms with Crippen molar-refractivity contribution in [2.45, 2.75) is 37.1 Å². The highest BCUT2D eigenvalue weighted by molar-refractivity contribution is 8.16. The normalized spacial score (nSPS) is 26.9. The summed E-state index contributed by atoms with van der Waals surface area (Å²) in [6.45, 7) is 5.41. The molecule has 0 N–H and O–H groups in total. The maximum atomic E-state index is 12.6. The van der Waals surface area contributed by atoms with Crippen molar-refractivity contribution in [1.82, 2.24) is 4.90 Å². The quantitative estimate of drug-likeness (QED) is 0.821. The van der Waals surface area contributed by atoms with Crippen molar-refractivity contribution >= 4 is 29.4 Å². The van der Waals surface area contributed by atoms with Gasteiger partial charge in [0.1, 0.15) is 0 Å². The van der Waals surface area contributed by atoms with E-state index in [0.29, 0.717) is 17.7 Å². The monoisotopic (exact) mass is 337 g/mol. The van der Waals surface area contributed by atoms with Crippen molar-refractivity contribution in [3.8, 4) is 0 Å². The molecule has 2 heterocycles. The van der Waals surface area contributed by atoms with E-state index >= 15 is 0 Å². The molecule has 120 valence electrons. The zero-order valence-electron chi connectivity index (χ0n) is 13.2. The number of carbonyl (C=O) groups excluding carboxylic acids is 1. The molecule has 0 unspecified atom stereocenters. The predicted molar refractivity (Wildman–Crippen MR) is 94.6 cm³/mol. The highest BCUT2D eigenvalue weighted by Gasteiger charge is 2.26. The van der Waals surface area contributed by atoms with Gasteiger partial charge < -0.3 is 9.64 Å². The van der Waals surface area contributed by atoms with Crippen LogP contribution in [0.15, 0.2) is 24.3 Å². The Morgan fingerprint density at radius 3 is 2.27 bits per heavy atom. The molecular weight excluding hydrogens is 314 g/mol. The molecule has 2 atom stereocenters. The van der Waals surface area contributed by atoms with Gasteiger partial charge in [0.2, 0.25) is 0 Å². The number of carbonyl (C=O) groups is 1. The van der Waals surface area contributed by atoms with E-state index in [4.69, 9.17) is 4.74 Å². The van der Waals surface area contributed by atoms with Gasteiger partial charge >= 0.3 is 0 Å². The van der Waals surface area contributed by atoms with Gasteiger partial charge in [0.25, 0.3) is 5.91 Å². The molecule has 0 aliphatic carbocycles. The second-order valence-electron chi connectivity index (χ2n) is 6.02. The zero-order valence-corrected chi connectivity index (χ0v) is 14.8. The summed E-state index contributed by atoms with van der Waals surface area (Å²) >= 11 is 4.02. The Morgan fingerprint density at radius 2 is 1.68 bits per heavy atom. The molecule has 2 saturated heterocycles. The molecular formula is C17H23NO2S2. The molecule has 0 spiro atoms. The lowest BCUT2D eigenvalue weighted by molar-refractivity contribution is -0.0586. The van der Waals surface area contributed by atoms with Gasteiger partial charge in [-0.15, -0.1) is 23.5 Å². The van der Waals surface area contributed by atoms with E-state index in [9.17, 15) is 4.79 Å². The Bertz CT molecular complexity index is 504. The number of amides is 1. The molecule has 1 aromatic carbocycles. The SMILES string of the molecule is C[C@@H]1CN(C(=O)c2ccc(C3SCCCS3)cc2)C[C@H](C)O1. The summed E-state index contributed by atoms with van der Waals surface area (Å²) in [5.74, 6) is 2.60. The molecule has 2 aliphatic heterocycles. The lowest BCUT2D eigenvalue weighted by Gasteiger charge is -2.35. The topological polar surface area (TPSA) is 29.5 Å². The van der Waals surface area contributed by atoms with Crippen LogP contribution >= 0.6 is 23.5 Å². The summed E-state index contributed by atoms with van der Waals surface area (Å²) in [7, 11) is 0. The maximum absolute atomic E-state index is 12.6. The maximum Gasteiger partial charge on any atom is 0.254 e. The number of thioether (sulfide) groups is 2. The first-order valence-corrected chi connectivity index (χ1v) is 10.0. The molecule has 2 fully saturated rings. The molecule has 0 radical (unpaired) electrons. The van der Waals surface area contributed by atoms with Gasteiger partial charge in [0, 0.05) is 18.7 Å². The van der Waals surface area contributed by atoms with Gasteiger partial charge in [0.05, 0.1) is 16.8 Å². The van der Waals surface area contributed by atoms with E-state index < -0.39 is 0 Å². The van der Waals surface area contributed by atoms with E-state index in [-0.39, 0.29) is 18.1 Å². The third-order valence-corrected chi connectivity index (χ3v) is 6.98. The van der Waals surface area contributed by atoms with Crippen LogP contribution in [0.5, 0.6) is 0 Å². The highest BCUT2D eigenvalue weighted by Crippen LogP contribution is 2.43. The van der Waals surface area contributed by atoms with Crippen LogP contribution < -0.4 is 0 Å². The molecule has 3 rings (SSSR count). The van der Waals surface area contributed by atoms with Crippen molar-refractivity contribution in [3.63, 3.8) is 0 Å². The minimum Gasteiger partial charge on any atom is -0.372 e. The Hall–Kier alpha value is -0.650. The minimum atomic E-state index is 0.113. The number of ether oxygens (including phenoxy) is 1. The van der Waals surface area contributed by atoms with Crippen molar-refractivity contribution in [1.29, 1.82) is 0 Å². The van der Waals surface area contributed by atoms with Crippen LogP contribution in [0, 0.1) is 0 Å². The summed E-state index contributed by atoms with van der Waals surface area (Å²) in [4.78, 5) is 14.6. The number of morpholine rings is 1. The third-order valence-electron chi connectivity index (χ3n) is 3.96. The zero-order chi connectivity index (χ0) is 15.5. The molecule has 0 saturated carbocycles. The van der Waals surface area contributed by atoms with Gasteiger partial charge in [-0.25, -0.2) is 0 Å². The van der Waals surface area contributed by atoms with Crippen molar-refractivity contribution in [2.75, 3.05) is 24.6 Å². The van der Waals surface area contributed by atoms with Crippen LogP contribution in [0.3, 0.4) is 0 Å². The second kappa shape index (κ2) is 7.28. The largest absolute Gasteiger partial charge is 0.372 e. The van der Waals surface area contributed by atoms with Crippen molar-refractivity contribution < 1.29 is 9.53 Å². The average molecular weight is 338 g/mol. The summed E-state index contributed by atoms with van der Waals surface area (Å²) in [5, 5.41) is 0. The number of benzene rings is 1. The Balaban J connectivity index is 1.68. The van der Waals surface area contributed by atoms with Crippen molar-refractivity contribution in [3.05, 3.63) is 35.4 Å². The fraction of sp³-hybridized carbons (Fsp3) is 0.588.